The maximum Gasteiger partial charge on any atom is 0.253 e. The van der Waals surface area contributed by atoms with Gasteiger partial charge in [-0.1, -0.05) is 35.9 Å². The fourth-order valence-corrected chi connectivity index (χ4v) is 3.13. The van der Waals surface area contributed by atoms with E-state index in [9.17, 15) is 9.59 Å². The Morgan fingerprint density at radius 2 is 1.54 bits per heavy atom. The van der Waals surface area contributed by atoms with E-state index in [1.54, 1.807) is 0 Å². The number of rotatable bonds is 4. The van der Waals surface area contributed by atoms with Crippen LogP contribution < -0.4 is 5.32 Å². The maximum atomic E-state index is 12.5. The van der Waals surface area contributed by atoms with E-state index in [-0.39, 0.29) is 17.9 Å². The summed E-state index contributed by atoms with van der Waals surface area (Å²) in [5.41, 5.74) is 2.69. The zero-order valence-corrected chi connectivity index (χ0v) is 15.3. The standard InChI is InChI=1S/C21H25N3O2/c1-16-8-10-19(11-9-16)22-20(25)17(2)23-12-14-24(15-13-23)21(26)18-6-4-3-5-7-18/h3-11,17H,12-15H2,1-2H3,(H,22,25). The van der Waals surface area contributed by atoms with Crippen LogP contribution in [0.2, 0.25) is 0 Å². The van der Waals surface area contributed by atoms with Crippen molar-refractivity contribution in [3.63, 3.8) is 0 Å². The van der Waals surface area contributed by atoms with Crippen molar-refractivity contribution < 1.29 is 9.59 Å². The summed E-state index contributed by atoms with van der Waals surface area (Å²) in [6.07, 6.45) is 0. The summed E-state index contributed by atoms with van der Waals surface area (Å²) in [4.78, 5) is 29.0. The highest BCUT2D eigenvalue weighted by Gasteiger charge is 2.27. The quantitative estimate of drug-likeness (QED) is 0.922. The minimum absolute atomic E-state index is 0.0170. The van der Waals surface area contributed by atoms with E-state index in [1.165, 1.54) is 0 Å². The number of aryl methyl sites for hydroxylation is 1. The first-order chi connectivity index (χ1) is 12.5. The number of benzene rings is 2. The van der Waals surface area contributed by atoms with E-state index < -0.39 is 0 Å². The van der Waals surface area contributed by atoms with Crippen LogP contribution in [-0.2, 0) is 4.79 Å². The molecule has 2 aromatic rings. The third-order valence-electron chi connectivity index (χ3n) is 4.87. The molecule has 1 aliphatic rings. The first kappa shape index (κ1) is 18.1. The van der Waals surface area contributed by atoms with Crippen LogP contribution in [0.25, 0.3) is 0 Å². The molecule has 136 valence electrons. The Hall–Kier alpha value is -2.66. The Balaban J connectivity index is 1.53. The Bertz CT molecular complexity index is 751. The first-order valence-electron chi connectivity index (χ1n) is 9.00. The predicted molar refractivity (Wildman–Crippen MR) is 103 cm³/mol. The molecule has 1 atom stereocenters. The van der Waals surface area contributed by atoms with Crippen LogP contribution in [0.15, 0.2) is 54.6 Å². The molecule has 26 heavy (non-hydrogen) atoms. The lowest BCUT2D eigenvalue weighted by atomic mass is 10.1. The minimum Gasteiger partial charge on any atom is -0.336 e. The number of nitrogens with zero attached hydrogens (tertiary/aromatic N) is 2. The molecule has 1 aliphatic heterocycles. The lowest BCUT2D eigenvalue weighted by molar-refractivity contribution is -0.121. The van der Waals surface area contributed by atoms with Crippen LogP contribution in [0.4, 0.5) is 5.69 Å². The molecule has 3 rings (SSSR count). The molecular formula is C21H25N3O2. The van der Waals surface area contributed by atoms with Crippen molar-refractivity contribution in [2.75, 3.05) is 31.5 Å². The number of carbonyl (C=O) groups is 2. The number of nitrogens with one attached hydrogen (secondary N) is 1. The maximum absolute atomic E-state index is 12.5. The summed E-state index contributed by atoms with van der Waals surface area (Å²) < 4.78 is 0. The summed E-state index contributed by atoms with van der Waals surface area (Å²) in [6, 6.07) is 16.9. The number of hydrogen-bond acceptors (Lipinski definition) is 3. The van der Waals surface area contributed by atoms with E-state index in [0.717, 1.165) is 11.3 Å². The van der Waals surface area contributed by atoms with Crippen molar-refractivity contribution in [1.82, 2.24) is 9.80 Å². The van der Waals surface area contributed by atoms with Gasteiger partial charge in [0.1, 0.15) is 0 Å². The second-order valence-corrected chi connectivity index (χ2v) is 6.73. The van der Waals surface area contributed by atoms with E-state index in [4.69, 9.17) is 0 Å². The minimum atomic E-state index is -0.231. The van der Waals surface area contributed by atoms with Crippen LogP contribution in [0.1, 0.15) is 22.8 Å². The Morgan fingerprint density at radius 1 is 0.923 bits per heavy atom. The largest absolute Gasteiger partial charge is 0.336 e. The number of anilines is 1. The molecule has 1 fully saturated rings. The fraction of sp³-hybridized carbons (Fsp3) is 0.333. The molecule has 0 bridgehead atoms. The summed E-state index contributed by atoms with van der Waals surface area (Å²) in [5, 5.41) is 2.96. The normalized spacial score (nSPS) is 16.2. The number of hydrogen-bond donors (Lipinski definition) is 1. The number of amides is 2. The Kier molecular flexibility index (Phi) is 5.68. The highest BCUT2D eigenvalue weighted by Crippen LogP contribution is 2.13. The zero-order chi connectivity index (χ0) is 18.5. The third-order valence-corrected chi connectivity index (χ3v) is 4.87. The molecule has 1 unspecified atom stereocenters. The van der Waals surface area contributed by atoms with Gasteiger partial charge in [-0.15, -0.1) is 0 Å². The Labute approximate surface area is 154 Å². The summed E-state index contributed by atoms with van der Waals surface area (Å²) in [5.74, 6) is 0.0405. The Morgan fingerprint density at radius 3 is 2.15 bits per heavy atom. The van der Waals surface area contributed by atoms with Crippen molar-refractivity contribution in [3.05, 3.63) is 65.7 Å². The highest BCUT2D eigenvalue weighted by atomic mass is 16.2. The topological polar surface area (TPSA) is 52.7 Å². The second kappa shape index (κ2) is 8.15. The van der Waals surface area contributed by atoms with Crippen LogP contribution in [-0.4, -0.2) is 53.8 Å². The van der Waals surface area contributed by atoms with Gasteiger partial charge >= 0.3 is 0 Å². The molecule has 1 saturated heterocycles. The van der Waals surface area contributed by atoms with Gasteiger partial charge in [-0.3, -0.25) is 14.5 Å². The van der Waals surface area contributed by atoms with Crippen LogP contribution in [0.3, 0.4) is 0 Å². The zero-order valence-electron chi connectivity index (χ0n) is 15.3. The van der Waals surface area contributed by atoms with Crippen LogP contribution in [0, 0.1) is 6.92 Å². The summed E-state index contributed by atoms with van der Waals surface area (Å²) >= 11 is 0. The van der Waals surface area contributed by atoms with Gasteiger partial charge in [0.25, 0.3) is 5.91 Å². The molecule has 5 heteroatoms. The molecule has 0 aromatic heterocycles. The van der Waals surface area contributed by atoms with E-state index in [0.29, 0.717) is 31.7 Å². The molecule has 0 saturated carbocycles. The molecule has 0 aliphatic carbocycles. The van der Waals surface area contributed by atoms with Gasteiger partial charge in [0.15, 0.2) is 0 Å². The van der Waals surface area contributed by atoms with Gasteiger partial charge in [-0.25, -0.2) is 0 Å². The molecule has 0 radical (unpaired) electrons. The van der Waals surface area contributed by atoms with Crippen molar-refractivity contribution in [2.45, 2.75) is 19.9 Å². The van der Waals surface area contributed by atoms with Crippen molar-refractivity contribution in [2.24, 2.45) is 0 Å². The fourth-order valence-electron chi connectivity index (χ4n) is 3.13. The predicted octanol–water partition coefficient (Wildman–Crippen LogP) is 2.78. The number of piperazine rings is 1. The van der Waals surface area contributed by atoms with Crippen molar-refractivity contribution in [3.8, 4) is 0 Å². The van der Waals surface area contributed by atoms with E-state index >= 15 is 0 Å². The summed E-state index contributed by atoms with van der Waals surface area (Å²) in [6.45, 7) is 6.59. The van der Waals surface area contributed by atoms with E-state index in [2.05, 4.69) is 10.2 Å². The molecular weight excluding hydrogens is 326 g/mol. The summed E-state index contributed by atoms with van der Waals surface area (Å²) in [7, 11) is 0. The van der Waals surface area contributed by atoms with Crippen LogP contribution >= 0.6 is 0 Å². The number of carbonyl (C=O) groups excluding carboxylic acids is 2. The molecule has 5 nitrogen and oxygen atoms in total. The third kappa shape index (κ3) is 4.29. The van der Waals surface area contributed by atoms with Crippen molar-refractivity contribution in [1.29, 1.82) is 0 Å². The molecule has 1 N–H and O–H groups in total. The average molecular weight is 351 g/mol. The first-order valence-corrected chi connectivity index (χ1v) is 9.00. The van der Waals surface area contributed by atoms with Gasteiger partial charge in [0, 0.05) is 37.4 Å². The lowest BCUT2D eigenvalue weighted by Crippen LogP contribution is -2.54. The van der Waals surface area contributed by atoms with Gasteiger partial charge in [0.05, 0.1) is 6.04 Å². The van der Waals surface area contributed by atoms with Gasteiger partial charge in [-0.05, 0) is 38.1 Å². The van der Waals surface area contributed by atoms with Gasteiger partial charge in [0.2, 0.25) is 5.91 Å². The highest BCUT2D eigenvalue weighted by molar-refractivity contribution is 5.95. The molecule has 0 spiro atoms. The molecule has 2 aromatic carbocycles. The SMILES string of the molecule is Cc1ccc(NC(=O)C(C)N2CCN(C(=O)c3ccccc3)CC2)cc1. The van der Waals surface area contributed by atoms with Crippen LogP contribution in [0.5, 0.6) is 0 Å². The van der Waals surface area contributed by atoms with Crippen molar-refractivity contribution >= 4 is 17.5 Å². The smallest absolute Gasteiger partial charge is 0.253 e. The second-order valence-electron chi connectivity index (χ2n) is 6.73. The monoisotopic (exact) mass is 351 g/mol. The lowest BCUT2D eigenvalue weighted by Gasteiger charge is -2.37. The van der Waals surface area contributed by atoms with Gasteiger partial charge < -0.3 is 10.2 Å². The van der Waals surface area contributed by atoms with E-state index in [1.807, 2.05) is 73.3 Å². The molecule has 1 heterocycles. The molecule has 2 amide bonds. The average Bonchev–Trinajstić information content (AvgIpc) is 2.69. The van der Waals surface area contributed by atoms with Gasteiger partial charge in [-0.2, -0.15) is 0 Å².